The molecule has 1 N–H and O–H groups in total. The number of halogens is 3. The van der Waals surface area contributed by atoms with Gasteiger partial charge in [-0.15, -0.1) is 0 Å². The van der Waals surface area contributed by atoms with Gasteiger partial charge in [0.2, 0.25) is 11.5 Å². The summed E-state index contributed by atoms with van der Waals surface area (Å²) in [5.41, 5.74) is -3.68. The van der Waals surface area contributed by atoms with Gasteiger partial charge in [-0.1, -0.05) is 24.3 Å². The number of Topliss-reactive ketones (excluding diaryl/α,β-unsaturated/α-hetero) is 1. The average Bonchev–Trinajstić information content (AvgIpc) is 3.21. The fourth-order valence-electron chi connectivity index (χ4n) is 4.23. The zero-order valence-corrected chi connectivity index (χ0v) is 16.3. The number of hydrogen-bond acceptors (Lipinski definition) is 4. The van der Waals surface area contributed by atoms with Crippen LogP contribution in [0.1, 0.15) is 41.3 Å². The van der Waals surface area contributed by atoms with E-state index in [9.17, 15) is 27.9 Å². The van der Waals surface area contributed by atoms with E-state index in [1.807, 2.05) is 0 Å². The van der Waals surface area contributed by atoms with Crippen molar-refractivity contribution >= 4 is 11.7 Å². The number of amides is 1. The smallest absolute Gasteiger partial charge is 0.425 e. The van der Waals surface area contributed by atoms with Crippen LogP contribution in [0, 0.1) is 0 Å². The van der Waals surface area contributed by atoms with Crippen molar-refractivity contribution in [1.29, 1.82) is 0 Å². The lowest BCUT2D eigenvalue weighted by atomic mass is 9.89. The minimum Gasteiger partial charge on any atom is -0.492 e. The maximum Gasteiger partial charge on any atom is 0.425 e. The fourth-order valence-corrected chi connectivity index (χ4v) is 4.23. The third-order valence-corrected chi connectivity index (χ3v) is 5.68. The molecule has 1 unspecified atom stereocenters. The molecule has 4 rings (SSSR count). The van der Waals surface area contributed by atoms with Crippen LogP contribution in [-0.2, 0) is 10.4 Å². The van der Waals surface area contributed by atoms with E-state index in [4.69, 9.17) is 4.74 Å². The fraction of sp³-hybridized carbons (Fsp3) is 0.364. The summed E-state index contributed by atoms with van der Waals surface area (Å²) in [6.45, 7) is 2.25. The maximum atomic E-state index is 14.0. The van der Waals surface area contributed by atoms with Gasteiger partial charge in [0.25, 0.3) is 0 Å². The molecule has 158 valence electrons. The monoisotopic (exact) mass is 419 g/mol. The van der Waals surface area contributed by atoms with Crippen molar-refractivity contribution in [2.24, 2.45) is 0 Å². The normalized spacial score (nSPS) is 20.3. The lowest BCUT2D eigenvalue weighted by molar-refractivity contribution is -0.246. The van der Waals surface area contributed by atoms with Crippen LogP contribution in [0.3, 0.4) is 0 Å². The van der Waals surface area contributed by atoms with Gasteiger partial charge in [0.15, 0.2) is 5.78 Å². The van der Waals surface area contributed by atoms with Crippen molar-refractivity contribution in [2.75, 3.05) is 19.7 Å². The van der Waals surface area contributed by atoms with Crippen molar-refractivity contribution in [2.45, 2.75) is 31.5 Å². The number of carbonyl (C=O) groups is 2. The van der Waals surface area contributed by atoms with Crippen molar-refractivity contribution in [3.8, 4) is 16.9 Å². The molecule has 0 aromatic heterocycles. The molecule has 1 saturated heterocycles. The van der Waals surface area contributed by atoms with E-state index >= 15 is 0 Å². The first-order valence-corrected chi connectivity index (χ1v) is 9.63. The van der Waals surface area contributed by atoms with Crippen LogP contribution in [0.5, 0.6) is 5.75 Å². The second-order valence-corrected chi connectivity index (χ2v) is 7.54. The Hall–Kier alpha value is -2.87. The van der Waals surface area contributed by atoms with Gasteiger partial charge in [-0.25, -0.2) is 0 Å². The Morgan fingerprint density at radius 1 is 1.23 bits per heavy atom. The Kier molecular flexibility index (Phi) is 4.85. The van der Waals surface area contributed by atoms with Crippen LogP contribution in [0.15, 0.2) is 36.4 Å². The molecule has 5 nitrogen and oxygen atoms in total. The number of benzene rings is 2. The Balaban J connectivity index is 1.76. The van der Waals surface area contributed by atoms with Crippen molar-refractivity contribution in [1.82, 2.24) is 4.90 Å². The van der Waals surface area contributed by atoms with Crippen LogP contribution < -0.4 is 4.74 Å². The van der Waals surface area contributed by atoms with Crippen LogP contribution in [0.4, 0.5) is 13.2 Å². The maximum absolute atomic E-state index is 14.0. The molecule has 1 aliphatic carbocycles. The lowest BCUT2D eigenvalue weighted by Gasteiger charge is -2.28. The first-order valence-electron chi connectivity index (χ1n) is 9.63. The molecule has 1 fully saturated rings. The van der Waals surface area contributed by atoms with E-state index in [0.29, 0.717) is 19.5 Å². The lowest BCUT2D eigenvalue weighted by Crippen LogP contribution is -2.41. The number of fused-ring (bicyclic) bond motifs is 3. The van der Waals surface area contributed by atoms with Gasteiger partial charge in [-0.3, -0.25) is 9.59 Å². The molecule has 30 heavy (non-hydrogen) atoms. The minimum absolute atomic E-state index is 0.0128. The third kappa shape index (κ3) is 3.06. The summed E-state index contributed by atoms with van der Waals surface area (Å²) in [5.74, 6) is -0.382. The standard InChI is InChI=1S/C22H20F3NO4/c1-13(27)16-11-14(30-10-9-26-8-4-7-19(26)28)12-18-20(16)15-5-2-3-6-17(15)21(18,29)22(23,24)25/h2-3,5-6,11-12,29H,4,7-10H2,1H3. The van der Waals surface area contributed by atoms with Gasteiger partial charge < -0.3 is 14.7 Å². The summed E-state index contributed by atoms with van der Waals surface area (Å²) in [6.07, 6.45) is -3.75. The van der Waals surface area contributed by atoms with Crippen molar-refractivity contribution < 1.29 is 32.6 Å². The number of carbonyl (C=O) groups excluding carboxylic acids is 2. The van der Waals surface area contributed by atoms with Crippen LogP contribution >= 0.6 is 0 Å². The second kappa shape index (κ2) is 7.12. The Morgan fingerprint density at radius 2 is 1.97 bits per heavy atom. The van der Waals surface area contributed by atoms with E-state index in [1.54, 1.807) is 11.0 Å². The number of alkyl halides is 3. The second-order valence-electron chi connectivity index (χ2n) is 7.54. The van der Waals surface area contributed by atoms with Crippen LogP contribution in [-0.4, -0.2) is 47.6 Å². The molecule has 1 amide bonds. The SMILES string of the molecule is CC(=O)c1cc(OCCN2CCCC2=O)cc2c1-c1ccccc1C2(O)C(F)(F)F. The molecule has 1 aliphatic heterocycles. The molecular weight excluding hydrogens is 399 g/mol. The zero-order chi connectivity index (χ0) is 21.7. The molecule has 2 aliphatic rings. The van der Waals surface area contributed by atoms with E-state index in [2.05, 4.69) is 0 Å². The highest BCUT2D eigenvalue weighted by Gasteiger charge is 2.61. The summed E-state index contributed by atoms with van der Waals surface area (Å²) in [6, 6.07) is 8.19. The van der Waals surface area contributed by atoms with Gasteiger partial charge in [-0.2, -0.15) is 13.2 Å². The Bertz CT molecular complexity index is 1030. The topological polar surface area (TPSA) is 66.8 Å². The molecule has 2 aromatic rings. The Morgan fingerprint density at radius 3 is 2.60 bits per heavy atom. The summed E-state index contributed by atoms with van der Waals surface area (Å²) in [4.78, 5) is 25.6. The number of aliphatic hydroxyl groups is 1. The molecule has 1 atom stereocenters. The molecule has 8 heteroatoms. The predicted octanol–water partition coefficient (Wildman–Crippen LogP) is 3.67. The quantitative estimate of drug-likeness (QED) is 0.751. The van der Waals surface area contributed by atoms with Crippen molar-refractivity contribution in [3.05, 3.63) is 53.1 Å². The van der Waals surface area contributed by atoms with Crippen LogP contribution in [0.2, 0.25) is 0 Å². The van der Waals surface area contributed by atoms with Gasteiger partial charge in [0, 0.05) is 29.7 Å². The number of likely N-dealkylation sites (tertiary alicyclic amines) is 1. The van der Waals surface area contributed by atoms with E-state index in [0.717, 1.165) is 12.5 Å². The van der Waals surface area contributed by atoms with E-state index in [-0.39, 0.29) is 40.5 Å². The highest BCUT2D eigenvalue weighted by Crippen LogP contribution is 2.56. The predicted molar refractivity (Wildman–Crippen MR) is 102 cm³/mol. The highest BCUT2D eigenvalue weighted by molar-refractivity contribution is 6.04. The first-order chi connectivity index (χ1) is 14.1. The molecule has 0 bridgehead atoms. The molecule has 2 aromatic carbocycles. The molecular formula is C22H20F3NO4. The molecule has 0 saturated carbocycles. The average molecular weight is 419 g/mol. The summed E-state index contributed by atoms with van der Waals surface area (Å²) in [5, 5.41) is 10.9. The highest BCUT2D eigenvalue weighted by atomic mass is 19.4. The summed E-state index contributed by atoms with van der Waals surface area (Å²) >= 11 is 0. The van der Waals surface area contributed by atoms with E-state index < -0.39 is 23.1 Å². The molecule has 0 spiro atoms. The summed E-state index contributed by atoms with van der Waals surface area (Å²) in [7, 11) is 0. The van der Waals surface area contributed by atoms with Crippen molar-refractivity contribution in [3.63, 3.8) is 0 Å². The largest absolute Gasteiger partial charge is 0.492 e. The number of hydrogen-bond donors (Lipinski definition) is 1. The molecule has 0 radical (unpaired) electrons. The molecule has 1 heterocycles. The van der Waals surface area contributed by atoms with Gasteiger partial charge in [0.1, 0.15) is 12.4 Å². The van der Waals surface area contributed by atoms with Crippen LogP contribution in [0.25, 0.3) is 11.1 Å². The number of ketones is 1. The third-order valence-electron chi connectivity index (χ3n) is 5.68. The van der Waals surface area contributed by atoms with Gasteiger partial charge in [0.05, 0.1) is 6.54 Å². The number of rotatable bonds is 5. The van der Waals surface area contributed by atoms with E-state index in [1.165, 1.54) is 31.2 Å². The zero-order valence-electron chi connectivity index (χ0n) is 16.3. The summed E-state index contributed by atoms with van der Waals surface area (Å²) < 4.78 is 47.8. The first kappa shape index (κ1) is 20.4. The van der Waals surface area contributed by atoms with Gasteiger partial charge >= 0.3 is 6.18 Å². The number of ether oxygens (including phenoxy) is 1. The Labute approximate surface area is 171 Å². The minimum atomic E-state index is -5.00. The number of nitrogens with zero attached hydrogens (tertiary/aromatic N) is 1. The van der Waals surface area contributed by atoms with Gasteiger partial charge in [-0.05, 0) is 36.6 Å².